The van der Waals surface area contributed by atoms with Gasteiger partial charge in [-0.05, 0) is 63.3 Å². The van der Waals surface area contributed by atoms with Crippen LogP contribution in [-0.4, -0.2) is 61.8 Å². The zero-order valence-corrected chi connectivity index (χ0v) is 20.6. The summed E-state index contributed by atoms with van der Waals surface area (Å²) in [5.41, 5.74) is 0.987. The van der Waals surface area contributed by atoms with Crippen LogP contribution in [0.15, 0.2) is 35.7 Å². The lowest BCUT2D eigenvalue weighted by molar-refractivity contribution is -0.127. The Hall–Kier alpha value is -1.70. The standard InChI is InChI=1S/C26H39N3O3S/c30-25(27-22-26(15-6-2-7-16-26)28-17-8-3-9-18-28)24-12-19-29(20-13-24)33(31,32)21-14-23-10-4-1-5-11-23/h1,4-5,10-11,14,21,24H,2-3,6-9,12-13,15-20,22H2,(H,27,30)/b21-14+. The molecule has 1 aromatic rings. The molecular formula is C26H39N3O3S. The predicted octanol–water partition coefficient (Wildman–Crippen LogP) is 4.00. The first-order valence-corrected chi connectivity index (χ1v) is 14.2. The molecule has 1 aromatic carbocycles. The summed E-state index contributed by atoms with van der Waals surface area (Å²) in [6, 6.07) is 9.44. The van der Waals surface area contributed by atoms with Crippen LogP contribution in [0, 0.1) is 5.92 Å². The third-order valence-corrected chi connectivity index (χ3v) is 9.38. The van der Waals surface area contributed by atoms with E-state index in [4.69, 9.17) is 0 Å². The second kappa shape index (κ2) is 11.2. The molecule has 1 aliphatic carbocycles. The number of hydrogen-bond acceptors (Lipinski definition) is 4. The van der Waals surface area contributed by atoms with Gasteiger partial charge in [0.2, 0.25) is 15.9 Å². The van der Waals surface area contributed by atoms with Gasteiger partial charge in [-0.1, -0.05) is 56.0 Å². The summed E-state index contributed by atoms with van der Waals surface area (Å²) in [6.07, 6.45) is 12.8. The van der Waals surface area contributed by atoms with Gasteiger partial charge in [0, 0.05) is 36.5 Å². The number of amides is 1. The van der Waals surface area contributed by atoms with Gasteiger partial charge in [0.25, 0.3) is 0 Å². The van der Waals surface area contributed by atoms with E-state index in [1.54, 1.807) is 6.08 Å². The minimum atomic E-state index is -3.47. The van der Waals surface area contributed by atoms with Crippen molar-refractivity contribution in [3.63, 3.8) is 0 Å². The van der Waals surface area contributed by atoms with Crippen LogP contribution in [0.3, 0.4) is 0 Å². The quantitative estimate of drug-likeness (QED) is 0.650. The lowest BCUT2D eigenvalue weighted by Crippen LogP contribution is -2.58. The maximum Gasteiger partial charge on any atom is 0.236 e. The van der Waals surface area contributed by atoms with E-state index in [9.17, 15) is 13.2 Å². The van der Waals surface area contributed by atoms with Gasteiger partial charge in [0.15, 0.2) is 0 Å². The van der Waals surface area contributed by atoms with Crippen LogP contribution in [0.4, 0.5) is 0 Å². The van der Waals surface area contributed by atoms with E-state index in [1.165, 1.54) is 61.1 Å². The Morgan fingerprint density at radius 2 is 1.58 bits per heavy atom. The molecule has 2 heterocycles. The minimum absolute atomic E-state index is 0.100. The van der Waals surface area contributed by atoms with E-state index in [0.717, 1.165) is 25.2 Å². The van der Waals surface area contributed by atoms with Gasteiger partial charge >= 0.3 is 0 Å². The number of likely N-dealkylation sites (tertiary alicyclic amines) is 1. The van der Waals surface area contributed by atoms with Crippen molar-refractivity contribution >= 4 is 22.0 Å². The van der Waals surface area contributed by atoms with Crippen LogP contribution in [0.1, 0.15) is 69.8 Å². The molecule has 3 aliphatic rings. The molecule has 0 unspecified atom stereocenters. The van der Waals surface area contributed by atoms with Crippen molar-refractivity contribution in [2.24, 2.45) is 5.92 Å². The normalized spacial score (nSPS) is 23.5. The van der Waals surface area contributed by atoms with E-state index in [0.29, 0.717) is 25.9 Å². The van der Waals surface area contributed by atoms with E-state index in [2.05, 4.69) is 10.2 Å². The number of hydrogen-bond donors (Lipinski definition) is 1. The molecule has 1 amide bonds. The molecule has 182 valence electrons. The summed E-state index contributed by atoms with van der Waals surface area (Å²) >= 11 is 0. The van der Waals surface area contributed by atoms with Crippen LogP contribution in [0.2, 0.25) is 0 Å². The molecule has 6 nitrogen and oxygen atoms in total. The van der Waals surface area contributed by atoms with Gasteiger partial charge in [-0.2, -0.15) is 4.31 Å². The van der Waals surface area contributed by atoms with Gasteiger partial charge in [0.05, 0.1) is 0 Å². The van der Waals surface area contributed by atoms with Gasteiger partial charge in [-0.25, -0.2) is 8.42 Å². The Morgan fingerprint density at radius 3 is 2.24 bits per heavy atom. The number of benzene rings is 1. The highest BCUT2D eigenvalue weighted by atomic mass is 32.2. The summed E-state index contributed by atoms with van der Waals surface area (Å²) in [5, 5.41) is 4.58. The molecule has 1 saturated carbocycles. The van der Waals surface area contributed by atoms with Crippen LogP contribution < -0.4 is 5.32 Å². The van der Waals surface area contributed by atoms with Crippen molar-refractivity contribution in [2.75, 3.05) is 32.7 Å². The van der Waals surface area contributed by atoms with Crippen LogP contribution in [-0.2, 0) is 14.8 Å². The molecule has 4 rings (SSSR count). The number of piperidine rings is 2. The molecule has 3 fully saturated rings. The number of nitrogens with one attached hydrogen (secondary N) is 1. The first-order chi connectivity index (χ1) is 16.0. The molecule has 2 saturated heterocycles. The zero-order valence-electron chi connectivity index (χ0n) is 19.8. The molecule has 2 aliphatic heterocycles. The molecule has 0 bridgehead atoms. The van der Waals surface area contributed by atoms with Crippen molar-refractivity contribution in [1.29, 1.82) is 0 Å². The third kappa shape index (κ3) is 6.25. The lowest BCUT2D eigenvalue weighted by atomic mass is 9.79. The first kappa shape index (κ1) is 24.4. The number of rotatable bonds is 7. The summed E-state index contributed by atoms with van der Waals surface area (Å²) in [4.78, 5) is 15.7. The number of nitrogens with zero attached hydrogens (tertiary/aromatic N) is 2. The smallest absolute Gasteiger partial charge is 0.236 e. The highest BCUT2D eigenvalue weighted by molar-refractivity contribution is 7.92. The van der Waals surface area contributed by atoms with Gasteiger partial charge in [0.1, 0.15) is 0 Å². The number of carbonyl (C=O) groups excluding carboxylic acids is 1. The summed E-state index contributed by atoms with van der Waals surface area (Å²) in [7, 11) is -3.47. The molecule has 7 heteroatoms. The molecule has 0 atom stereocenters. The Bertz CT molecular complexity index is 896. The van der Waals surface area contributed by atoms with Gasteiger partial charge in [-0.15, -0.1) is 0 Å². The van der Waals surface area contributed by atoms with Crippen molar-refractivity contribution in [3.05, 3.63) is 41.3 Å². The fourth-order valence-corrected chi connectivity index (χ4v) is 6.99. The Labute approximate surface area is 199 Å². The highest BCUT2D eigenvalue weighted by Crippen LogP contribution is 2.35. The highest BCUT2D eigenvalue weighted by Gasteiger charge is 2.39. The molecule has 1 N–H and O–H groups in total. The zero-order chi connectivity index (χ0) is 23.2. The third-order valence-electron chi connectivity index (χ3n) is 7.82. The second-order valence-electron chi connectivity index (χ2n) is 9.98. The SMILES string of the molecule is O=C(NCC1(N2CCCCC2)CCCCC1)C1CCN(S(=O)(=O)/C=C/c2ccccc2)CC1. The fraction of sp³-hybridized carbons (Fsp3) is 0.654. The topological polar surface area (TPSA) is 69.7 Å². The Kier molecular flexibility index (Phi) is 8.25. The van der Waals surface area contributed by atoms with Crippen molar-refractivity contribution < 1.29 is 13.2 Å². The number of sulfonamides is 1. The van der Waals surface area contributed by atoms with Crippen molar-refractivity contribution in [2.45, 2.75) is 69.7 Å². The van der Waals surface area contributed by atoms with Gasteiger partial charge in [-0.3, -0.25) is 9.69 Å². The average molecular weight is 474 g/mol. The maximum atomic E-state index is 13.0. The predicted molar refractivity (Wildman–Crippen MR) is 133 cm³/mol. The van der Waals surface area contributed by atoms with Crippen LogP contribution in [0.25, 0.3) is 6.08 Å². The molecule has 33 heavy (non-hydrogen) atoms. The molecule has 0 aromatic heterocycles. The van der Waals surface area contributed by atoms with Crippen LogP contribution in [0.5, 0.6) is 0 Å². The Balaban J connectivity index is 1.29. The van der Waals surface area contributed by atoms with Crippen LogP contribution >= 0.6 is 0 Å². The molecule has 0 spiro atoms. The van der Waals surface area contributed by atoms with E-state index in [-0.39, 0.29) is 17.4 Å². The lowest BCUT2D eigenvalue weighted by Gasteiger charge is -2.48. The fourth-order valence-electron chi connectivity index (χ4n) is 5.77. The number of carbonyl (C=O) groups is 1. The molecular weight excluding hydrogens is 434 g/mol. The molecule has 0 radical (unpaired) electrons. The second-order valence-corrected chi connectivity index (χ2v) is 11.8. The van der Waals surface area contributed by atoms with E-state index in [1.807, 2.05) is 30.3 Å². The van der Waals surface area contributed by atoms with Crippen molar-refractivity contribution in [1.82, 2.24) is 14.5 Å². The minimum Gasteiger partial charge on any atom is -0.354 e. The first-order valence-electron chi connectivity index (χ1n) is 12.7. The average Bonchev–Trinajstić information content (AvgIpc) is 2.88. The Morgan fingerprint density at radius 1 is 0.939 bits per heavy atom. The van der Waals surface area contributed by atoms with Crippen molar-refractivity contribution in [3.8, 4) is 0 Å². The maximum absolute atomic E-state index is 13.0. The summed E-state index contributed by atoms with van der Waals surface area (Å²) < 4.78 is 26.9. The van der Waals surface area contributed by atoms with Gasteiger partial charge < -0.3 is 5.32 Å². The van der Waals surface area contributed by atoms with E-state index < -0.39 is 10.0 Å². The van der Waals surface area contributed by atoms with E-state index >= 15 is 0 Å². The summed E-state index contributed by atoms with van der Waals surface area (Å²) in [6.45, 7) is 3.85. The largest absolute Gasteiger partial charge is 0.354 e. The summed E-state index contributed by atoms with van der Waals surface area (Å²) in [5.74, 6) is 0.00498. The monoisotopic (exact) mass is 473 g/mol.